The predicted molar refractivity (Wildman–Crippen MR) is 109 cm³/mol. The lowest BCUT2D eigenvalue weighted by Gasteiger charge is -2.10. The van der Waals surface area contributed by atoms with Crippen LogP contribution in [-0.4, -0.2) is 47.9 Å². The number of nitrogens with one attached hydrogen (secondary N) is 1. The van der Waals surface area contributed by atoms with Crippen LogP contribution in [0.5, 0.6) is 11.5 Å². The lowest BCUT2D eigenvalue weighted by molar-refractivity contribution is 0.354. The lowest BCUT2D eigenvalue weighted by Crippen LogP contribution is -2.33. The first-order chi connectivity index (χ1) is 13.7. The van der Waals surface area contributed by atoms with Gasteiger partial charge < -0.3 is 20.5 Å². The number of aryl methyl sites for hydroxylation is 1. The van der Waals surface area contributed by atoms with E-state index in [4.69, 9.17) is 15.2 Å². The van der Waals surface area contributed by atoms with Gasteiger partial charge in [-0.15, -0.1) is 10.2 Å². The van der Waals surface area contributed by atoms with E-state index in [0.29, 0.717) is 19.0 Å². The molecule has 3 N–H and O–H groups in total. The summed E-state index contributed by atoms with van der Waals surface area (Å²) in [7, 11) is 3.26. The van der Waals surface area contributed by atoms with Crippen LogP contribution in [0.2, 0.25) is 0 Å². The number of guanidine groups is 1. The molecule has 3 aromatic rings. The van der Waals surface area contributed by atoms with Crippen molar-refractivity contribution in [1.29, 1.82) is 0 Å². The summed E-state index contributed by atoms with van der Waals surface area (Å²) < 4.78 is 12.6. The topological polar surface area (TPSA) is 99.1 Å². The quantitative estimate of drug-likeness (QED) is 0.333. The molecule has 0 aliphatic carbocycles. The van der Waals surface area contributed by atoms with Crippen molar-refractivity contribution >= 4 is 11.6 Å². The van der Waals surface area contributed by atoms with Crippen LogP contribution in [-0.2, 0) is 12.8 Å². The number of nitrogens with zero attached hydrogens (tertiary/aromatic N) is 4. The van der Waals surface area contributed by atoms with Gasteiger partial charge in [0.2, 0.25) is 0 Å². The first-order valence-electron chi connectivity index (χ1n) is 9.24. The first-order valence-corrected chi connectivity index (χ1v) is 9.24. The smallest absolute Gasteiger partial charge is 0.188 e. The van der Waals surface area contributed by atoms with Crippen molar-refractivity contribution in [2.45, 2.75) is 19.3 Å². The number of fused-ring (bicyclic) bond motifs is 1. The Hall–Kier alpha value is -3.29. The molecule has 3 rings (SSSR count). The highest BCUT2D eigenvalue weighted by Crippen LogP contribution is 2.27. The molecule has 2 aromatic heterocycles. The zero-order valence-electron chi connectivity index (χ0n) is 16.3. The van der Waals surface area contributed by atoms with Crippen molar-refractivity contribution in [3.63, 3.8) is 0 Å². The summed E-state index contributed by atoms with van der Waals surface area (Å²) in [5.41, 5.74) is 7.95. The van der Waals surface area contributed by atoms with Gasteiger partial charge in [-0.25, -0.2) is 0 Å². The van der Waals surface area contributed by atoms with E-state index in [1.165, 1.54) is 0 Å². The van der Waals surface area contributed by atoms with Gasteiger partial charge in [0.25, 0.3) is 0 Å². The van der Waals surface area contributed by atoms with Gasteiger partial charge in [0.15, 0.2) is 23.1 Å². The van der Waals surface area contributed by atoms with Gasteiger partial charge in [-0.1, -0.05) is 12.1 Å². The van der Waals surface area contributed by atoms with E-state index in [2.05, 4.69) is 20.5 Å². The average molecular weight is 382 g/mol. The third-order valence-electron chi connectivity index (χ3n) is 4.39. The van der Waals surface area contributed by atoms with Crippen molar-refractivity contribution in [1.82, 2.24) is 19.9 Å². The highest BCUT2D eigenvalue weighted by molar-refractivity contribution is 5.77. The lowest BCUT2D eigenvalue weighted by atomic mass is 10.1. The molecule has 0 aliphatic rings. The van der Waals surface area contributed by atoms with E-state index in [0.717, 1.165) is 47.8 Å². The Morgan fingerprint density at radius 3 is 2.79 bits per heavy atom. The molecule has 0 fully saturated rings. The Bertz CT molecular complexity index is 937. The number of ether oxygens (including phenoxy) is 2. The van der Waals surface area contributed by atoms with E-state index >= 15 is 0 Å². The molecule has 8 nitrogen and oxygen atoms in total. The summed E-state index contributed by atoms with van der Waals surface area (Å²) in [5.74, 6) is 2.83. The predicted octanol–water partition coefficient (Wildman–Crippen LogP) is 1.83. The van der Waals surface area contributed by atoms with E-state index in [1.54, 1.807) is 14.2 Å². The molecule has 0 aliphatic heterocycles. The summed E-state index contributed by atoms with van der Waals surface area (Å²) in [4.78, 5) is 4.38. The molecule has 0 amide bonds. The van der Waals surface area contributed by atoms with Gasteiger partial charge in [-0.3, -0.25) is 9.39 Å². The third-order valence-corrected chi connectivity index (χ3v) is 4.39. The first kappa shape index (κ1) is 19.5. The Kier molecular flexibility index (Phi) is 6.67. The SMILES string of the molecule is COc1ccc(CCNC(N)=NCCCc2nnc3ccccn23)cc1OC. The maximum atomic E-state index is 5.95. The maximum Gasteiger partial charge on any atom is 0.188 e. The van der Waals surface area contributed by atoms with Crippen molar-refractivity contribution < 1.29 is 9.47 Å². The fraction of sp³-hybridized carbons (Fsp3) is 0.350. The van der Waals surface area contributed by atoms with E-state index in [1.807, 2.05) is 47.0 Å². The van der Waals surface area contributed by atoms with Gasteiger partial charge >= 0.3 is 0 Å². The molecule has 148 valence electrons. The molecule has 0 saturated carbocycles. The minimum atomic E-state index is 0.451. The normalized spacial score (nSPS) is 11.6. The number of hydrogen-bond donors (Lipinski definition) is 2. The fourth-order valence-corrected chi connectivity index (χ4v) is 2.93. The van der Waals surface area contributed by atoms with Crippen LogP contribution in [0.1, 0.15) is 17.8 Å². The number of pyridine rings is 1. The third kappa shape index (κ3) is 4.91. The zero-order valence-corrected chi connectivity index (χ0v) is 16.3. The molecule has 0 saturated heterocycles. The van der Waals surface area contributed by atoms with Crippen LogP contribution in [0.25, 0.3) is 5.65 Å². The number of benzene rings is 1. The van der Waals surface area contributed by atoms with Crippen LogP contribution in [0.4, 0.5) is 0 Å². The van der Waals surface area contributed by atoms with Gasteiger partial charge in [-0.2, -0.15) is 0 Å². The summed E-state index contributed by atoms with van der Waals surface area (Å²) >= 11 is 0. The number of aromatic nitrogens is 3. The van der Waals surface area contributed by atoms with Gasteiger partial charge in [-0.05, 0) is 42.7 Å². The molecular weight excluding hydrogens is 356 g/mol. The molecule has 0 atom stereocenters. The second-order valence-electron chi connectivity index (χ2n) is 6.28. The monoisotopic (exact) mass is 382 g/mol. The summed E-state index contributed by atoms with van der Waals surface area (Å²) in [6, 6.07) is 11.7. The Labute approximate surface area is 164 Å². The van der Waals surface area contributed by atoms with Gasteiger partial charge in [0, 0.05) is 25.7 Å². The minimum absolute atomic E-state index is 0.451. The molecule has 0 radical (unpaired) electrons. The highest BCUT2D eigenvalue weighted by atomic mass is 16.5. The molecule has 28 heavy (non-hydrogen) atoms. The van der Waals surface area contributed by atoms with Crippen LogP contribution >= 0.6 is 0 Å². The van der Waals surface area contributed by atoms with E-state index in [9.17, 15) is 0 Å². The Morgan fingerprint density at radius 1 is 1.11 bits per heavy atom. The molecule has 2 heterocycles. The number of methoxy groups -OCH3 is 2. The second-order valence-corrected chi connectivity index (χ2v) is 6.28. The van der Waals surface area contributed by atoms with Crippen LogP contribution < -0.4 is 20.5 Å². The van der Waals surface area contributed by atoms with E-state index < -0.39 is 0 Å². The molecule has 0 spiro atoms. The maximum absolute atomic E-state index is 5.95. The van der Waals surface area contributed by atoms with Gasteiger partial charge in [0.1, 0.15) is 5.82 Å². The van der Waals surface area contributed by atoms with Gasteiger partial charge in [0.05, 0.1) is 14.2 Å². The number of nitrogens with two attached hydrogens (primary N) is 1. The second kappa shape index (κ2) is 9.59. The molecule has 8 heteroatoms. The molecule has 0 unspecified atom stereocenters. The van der Waals surface area contributed by atoms with Crippen LogP contribution in [0.15, 0.2) is 47.6 Å². The van der Waals surface area contributed by atoms with Crippen LogP contribution in [0.3, 0.4) is 0 Å². The van der Waals surface area contributed by atoms with Crippen molar-refractivity contribution in [3.05, 3.63) is 54.0 Å². The minimum Gasteiger partial charge on any atom is -0.493 e. The van der Waals surface area contributed by atoms with Crippen molar-refractivity contribution in [3.8, 4) is 11.5 Å². The standard InChI is InChI=1S/C20H26N6O2/c1-27-16-9-8-15(14-17(16)28-2)10-12-23-20(21)22-11-5-7-19-25-24-18-6-3-4-13-26(18)19/h3-4,6,8-9,13-14H,5,7,10-12H2,1-2H3,(H3,21,22,23). The Balaban J connectivity index is 1.41. The average Bonchev–Trinajstić information content (AvgIpc) is 3.14. The fourth-order valence-electron chi connectivity index (χ4n) is 2.93. The Morgan fingerprint density at radius 2 is 1.96 bits per heavy atom. The molecule has 1 aromatic carbocycles. The molecular formula is C20H26N6O2. The number of hydrogen-bond acceptors (Lipinski definition) is 5. The zero-order chi connectivity index (χ0) is 19.8. The van der Waals surface area contributed by atoms with Crippen molar-refractivity contribution in [2.75, 3.05) is 27.3 Å². The van der Waals surface area contributed by atoms with E-state index in [-0.39, 0.29) is 0 Å². The highest BCUT2D eigenvalue weighted by Gasteiger charge is 2.05. The van der Waals surface area contributed by atoms with Crippen LogP contribution in [0, 0.1) is 0 Å². The number of aliphatic imine (C=N–C) groups is 1. The summed E-state index contributed by atoms with van der Waals surface area (Å²) in [5, 5.41) is 11.5. The molecule has 0 bridgehead atoms. The summed E-state index contributed by atoms with van der Waals surface area (Å²) in [6.45, 7) is 1.33. The number of rotatable bonds is 9. The van der Waals surface area contributed by atoms with Crippen molar-refractivity contribution in [2.24, 2.45) is 10.7 Å². The largest absolute Gasteiger partial charge is 0.493 e. The summed E-state index contributed by atoms with van der Waals surface area (Å²) in [6.07, 6.45) is 4.43.